The van der Waals surface area contributed by atoms with Gasteiger partial charge in [0.2, 0.25) is 5.91 Å². The molecule has 0 aromatic carbocycles. The van der Waals surface area contributed by atoms with E-state index in [1.807, 2.05) is 6.08 Å². The average molecular weight is 608 g/mol. The van der Waals surface area contributed by atoms with Crippen molar-refractivity contribution < 1.29 is 20.1 Å². The Hall–Kier alpha value is -1.17. The maximum absolute atomic E-state index is 12.3. The molecule has 4 N–H and O–H groups in total. The smallest absolute Gasteiger partial charge is 0.222 e. The normalized spacial score (nSPS) is 14.1. The molecule has 0 saturated carbocycles. The molecule has 5 nitrogen and oxygen atoms in total. The van der Waals surface area contributed by atoms with Crippen molar-refractivity contribution in [1.82, 2.24) is 5.32 Å². The monoisotopic (exact) mass is 608 g/mol. The SMILES string of the molecule is CCCCCCCCCCCC/C=C/CC/C=C/C(O)C(CO)NC(=O)CC(O)CCCCCCCCCCCCCC. The summed E-state index contributed by atoms with van der Waals surface area (Å²) in [5, 5.41) is 33.0. The lowest BCUT2D eigenvalue weighted by atomic mass is 10.0. The summed E-state index contributed by atoms with van der Waals surface area (Å²) >= 11 is 0. The van der Waals surface area contributed by atoms with Crippen LogP contribution in [0, 0.1) is 0 Å². The van der Waals surface area contributed by atoms with E-state index in [0.717, 1.165) is 32.1 Å². The third kappa shape index (κ3) is 30.6. The van der Waals surface area contributed by atoms with E-state index in [0.29, 0.717) is 6.42 Å². The molecule has 0 saturated heterocycles. The van der Waals surface area contributed by atoms with Gasteiger partial charge in [-0.3, -0.25) is 4.79 Å². The van der Waals surface area contributed by atoms with Gasteiger partial charge in [0.1, 0.15) is 0 Å². The lowest BCUT2D eigenvalue weighted by Crippen LogP contribution is -2.45. The predicted octanol–water partition coefficient (Wildman–Crippen LogP) is 9.87. The molecule has 0 aliphatic heterocycles. The minimum absolute atomic E-state index is 0.00874. The van der Waals surface area contributed by atoms with Crippen molar-refractivity contribution in [2.75, 3.05) is 6.61 Å². The summed E-state index contributed by atoms with van der Waals surface area (Å²) in [5.74, 6) is -0.326. The van der Waals surface area contributed by atoms with E-state index in [1.54, 1.807) is 6.08 Å². The zero-order valence-electron chi connectivity index (χ0n) is 28.6. The van der Waals surface area contributed by atoms with Crippen molar-refractivity contribution in [3.8, 4) is 0 Å². The molecule has 0 aliphatic rings. The van der Waals surface area contributed by atoms with Crippen LogP contribution in [0.15, 0.2) is 24.3 Å². The molecule has 3 atom stereocenters. The van der Waals surface area contributed by atoms with Gasteiger partial charge in [-0.1, -0.05) is 173 Å². The number of aliphatic hydroxyl groups is 3. The zero-order chi connectivity index (χ0) is 31.6. The van der Waals surface area contributed by atoms with Gasteiger partial charge in [0.05, 0.1) is 31.3 Å². The van der Waals surface area contributed by atoms with E-state index in [9.17, 15) is 20.1 Å². The summed E-state index contributed by atoms with van der Waals surface area (Å²) in [6, 6.07) is -0.755. The molecule has 3 unspecified atom stereocenters. The fourth-order valence-corrected chi connectivity index (χ4v) is 5.59. The first-order valence-electron chi connectivity index (χ1n) is 18.6. The van der Waals surface area contributed by atoms with E-state index in [1.165, 1.54) is 128 Å². The largest absolute Gasteiger partial charge is 0.394 e. The first-order chi connectivity index (χ1) is 21.0. The molecular formula is C38H73NO4. The number of carbonyl (C=O) groups excluding carboxylic acids is 1. The molecule has 0 rings (SSSR count). The second-order valence-electron chi connectivity index (χ2n) is 12.8. The van der Waals surface area contributed by atoms with E-state index >= 15 is 0 Å². The number of nitrogens with one attached hydrogen (secondary N) is 1. The van der Waals surface area contributed by atoms with Crippen molar-refractivity contribution in [1.29, 1.82) is 0 Å². The molecule has 0 fully saturated rings. The van der Waals surface area contributed by atoms with Crippen LogP contribution in [0.5, 0.6) is 0 Å². The van der Waals surface area contributed by atoms with Crippen LogP contribution in [0.2, 0.25) is 0 Å². The summed E-state index contributed by atoms with van der Waals surface area (Å²) in [6.07, 6.45) is 38.7. The molecule has 254 valence electrons. The number of rotatable bonds is 33. The van der Waals surface area contributed by atoms with Crippen LogP contribution < -0.4 is 5.32 Å². The number of unbranched alkanes of at least 4 members (excludes halogenated alkanes) is 22. The van der Waals surface area contributed by atoms with Gasteiger partial charge in [0, 0.05) is 0 Å². The van der Waals surface area contributed by atoms with E-state index in [-0.39, 0.29) is 18.9 Å². The van der Waals surface area contributed by atoms with E-state index in [2.05, 4.69) is 31.3 Å². The van der Waals surface area contributed by atoms with Gasteiger partial charge >= 0.3 is 0 Å². The first-order valence-corrected chi connectivity index (χ1v) is 18.6. The highest BCUT2D eigenvalue weighted by molar-refractivity contribution is 5.76. The van der Waals surface area contributed by atoms with Crippen molar-refractivity contribution in [2.24, 2.45) is 0 Å². The van der Waals surface area contributed by atoms with Gasteiger partial charge < -0.3 is 20.6 Å². The summed E-state index contributed by atoms with van der Waals surface area (Å²) in [5.41, 5.74) is 0. The molecule has 43 heavy (non-hydrogen) atoms. The average Bonchev–Trinajstić information content (AvgIpc) is 3.00. The molecule has 0 bridgehead atoms. The highest BCUT2D eigenvalue weighted by Gasteiger charge is 2.20. The van der Waals surface area contributed by atoms with Crippen LogP contribution in [-0.2, 0) is 4.79 Å². The topological polar surface area (TPSA) is 89.8 Å². The Kier molecular flexibility index (Phi) is 32.8. The Morgan fingerprint density at radius 2 is 1.00 bits per heavy atom. The lowest BCUT2D eigenvalue weighted by molar-refractivity contribution is -0.124. The molecule has 0 aromatic rings. The van der Waals surface area contributed by atoms with Crippen molar-refractivity contribution in [3.63, 3.8) is 0 Å². The third-order valence-corrected chi connectivity index (χ3v) is 8.49. The number of aliphatic hydroxyl groups excluding tert-OH is 3. The van der Waals surface area contributed by atoms with Gasteiger partial charge in [-0.25, -0.2) is 0 Å². The van der Waals surface area contributed by atoms with Crippen molar-refractivity contribution >= 4 is 5.91 Å². The van der Waals surface area contributed by atoms with Crippen molar-refractivity contribution in [3.05, 3.63) is 24.3 Å². The second-order valence-corrected chi connectivity index (χ2v) is 12.8. The Labute approximate surface area is 267 Å². The van der Waals surface area contributed by atoms with Crippen LogP contribution in [0.25, 0.3) is 0 Å². The number of hydrogen-bond donors (Lipinski definition) is 4. The number of carbonyl (C=O) groups is 1. The first kappa shape index (κ1) is 41.8. The Morgan fingerprint density at radius 1 is 0.581 bits per heavy atom. The fourth-order valence-electron chi connectivity index (χ4n) is 5.59. The number of allylic oxidation sites excluding steroid dienone is 3. The molecule has 0 aliphatic carbocycles. The van der Waals surface area contributed by atoms with Crippen LogP contribution in [0.1, 0.15) is 187 Å². The van der Waals surface area contributed by atoms with Crippen LogP contribution >= 0.6 is 0 Å². The Bertz CT molecular complexity index is 635. The van der Waals surface area contributed by atoms with Gasteiger partial charge in [-0.15, -0.1) is 0 Å². The quantitative estimate of drug-likeness (QED) is 0.0441. The van der Waals surface area contributed by atoms with Crippen LogP contribution in [0.4, 0.5) is 0 Å². The summed E-state index contributed by atoms with van der Waals surface area (Å²) in [7, 11) is 0. The van der Waals surface area contributed by atoms with Gasteiger partial charge in [0.25, 0.3) is 0 Å². The maximum Gasteiger partial charge on any atom is 0.222 e. The number of amides is 1. The highest BCUT2D eigenvalue weighted by atomic mass is 16.3. The lowest BCUT2D eigenvalue weighted by Gasteiger charge is -2.21. The minimum atomic E-state index is -0.946. The second kappa shape index (κ2) is 33.7. The summed E-state index contributed by atoms with van der Waals surface area (Å²) in [4.78, 5) is 12.3. The minimum Gasteiger partial charge on any atom is -0.394 e. The fraction of sp³-hybridized carbons (Fsp3) is 0.868. The zero-order valence-corrected chi connectivity index (χ0v) is 28.6. The van der Waals surface area contributed by atoms with E-state index in [4.69, 9.17) is 0 Å². The molecule has 0 aromatic heterocycles. The van der Waals surface area contributed by atoms with Crippen LogP contribution in [-0.4, -0.2) is 46.1 Å². The standard InChI is InChI=1S/C38H73NO4/c1-3-5-7-9-11-13-15-17-18-19-20-22-24-26-28-30-32-37(42)36(34-40)39-38(43)33-35(41)31-29-27-25-23-21-16-14-12-10-8-6-4-2/h22,24,30,32,35-37,40-42H,3-21,23,25-29,31,33-34H2,1-2H3,(H,39,43)/b24-22+,32-30+. The van der Waals surface area contributed by atoms with Crippen LogP contribution in [0.3, 0.4) is 0 Å². The molecule has 0 radical (unpaired) electrons. The van der Waals surface area contributed by atoms with Gasteiger partial charge in [-0.05, 0) is 32.1 Å². The molecule has 0 spiro atoms. The van der Waals surface area contributed by atoms with Gasteiger partial charge in [0.15, 0.2) is 0 Å². The third-order valence-electron chi connectivity index (χ3n) is 8.49. The summed E-state index contributed by atoms with van der Waals surface area (Å²) < 4.78 is 0. The maximum atomic E-state index is 12.3. The Balaban J connectivity index is 3.78. The highest BCUT2D eigenvalue weighted by Crippen LogP contribution is 2.14. The predicted molar refractivity (Wildman–Crippen MR) is 185 cm³/mol. The molecule has 0 heterocycles. The Morgan fingerprint density at radius 3 is 1.49 bits per heavy atom. The molecule has 1 amide bonds. The number of hydrogen-bond acceptors (Lipinski definition) is 4. The molecular weight excluding hydrogens is 534 g/mol. The summed E-state index contributed by atoms with van der Waals surface area (Å²) in [6.45, 7) is 4.18. The molecule has 5 heteroatoms. The van der Waals surface area contributed by atoms with E-state index < -0.39 is 18.2 Å². The van der Waals surface area contributed by atoms with Crippen molar-refractivity contribution in [2.45, 2.75) is 205 Å². The van der Waals surface area contributed by atoms with Gasteiger partial charge in [-0.2, -0.15) is 0 Å².